The molecule has 4 nitrogen and oxygen atoms in total. The maximum atomic E-state index is 12.0. The summed E-state index contributed by atoms with van der Waals surface area (Å²) in [6, 6.07) is 8.27. The molecule has 18 heavy (non-hydrogen) atoms. The van der Waals surface area contributed by atoms with Crippen molar-refractivity contribution < 1.29 is 4.79 Å². The number of amides is 1. The van der Waals surface area contributed by atoms with Crippen molar-refractivity contribution in [3.63, 3.8) is 0 Å². The number of rotatable bonds is 2. The Morgan fingerprint density at radius 1 is 1.39 bits per heavy atom. The predicted molar refractivity (Wildman–Crippen MR) is 75.8 cm³/mol. The maximum absolute atomic E-state index is 12.0. The van der Waals surface area contributed by atoms with Crippen LogP contribution in [0.3, 0.4) is 0 Å². The molecule has 0 fully saturated rings. The van der Waals surface area contributed by atoms with Gasteiger partial charge in [0.05, 0.1) is 10.7 Å². The highest BCUT2D eigenvalue weighted by molar-refractivity contribution is 9.10. The summed E-state index contributed by atoms with van der Waals surface area (Å²) in [5, 5.41) is 3.18. The van der Waals surface area contributed by atoms with E-state index in [1.165, 1.54) is 0 Å². The zero-order valence-electron chi connectivity index (χ0n) is 9.15. The number of nitrogens with two attached hydrogens (primary N) is 1. The molecule has 0 atom stereocenters. The summed E-state index contributed by atoms with van der Waals surface area (Å²) in [7, 11) is 0. The molecule has 1 aromatic heterocycles. The Labute approximate surface area is 117 Å². The molecule has 2 rings (SSSR count). The number of nitrogen functional groups attached to an aromatic ring is 1. The second-order valence-corrected chi connectivity index (χ2v) is 4.79. The van der Waals surface area contributed by atoms with Crippen LogP contribution < -0.4 is 11.1 Å². The number of anilines is 2. The van der Waals surface area contributed by atoms with Crippen LogP contribution in [0.5, 0.6) is 0 Å². The zero-order valence-corrected chi connectivity index (χ0v) is 11.5. The van der Waals surface area contributed by atoms with Crippen molar-refractivity contribution in [2.45, 2.75) is 0 Å². The molecule has 1 aromatic carbocycles. The van der Waals surface area contributed by atoms with E-state index in [0.717, 1.165) is 0 Å². The summed E-state index contributed by atoms with van der Waals surface area (Å²) in [5.41, 5.74) is 6.58. The number of hydrogen-bond acceptors (Lipinski definition) is 3. The molecular weight excluding hydrogens is 318 g/mol. The number of hydrogen-bond donors (Lipinski definition) is 2. The van der Waals surface area contributed by atoms with E-state index in [1.54, 1.807) is 36.5 Å². The normalized spacial score (nSPS) is 10.1. The first kappa shape index (κ1) is 12.9. The minimum atomic E-state index is -0.294. The molecule has 0 radical (unpaired) electrons. The number of aromatic nitrogens is 1. The SMILES string of the molecule is Nc1cccnc1NC(=O)c1ccc(Cl)c(Br)c1. The molecule has 3 N–H and O–H groups in total. The van der Waals surface area contributed by atoms with Crippen LogP contribution in [0.2, 0.25) is 5.02 Å². The van der Waals surface area contributed by atoms with Gasteiger partial charge in [0.25, 0.3) is 5.91 Å². The van der Waals surface area contributed by atoms with Gasteiger partial charge < -0.3 is 11.1 Å². The summed E-state index contributed by atoms with van der Waals surface area (Å²) in [4.78, 5) is 15.9. The summed E-state index contributed by atoms with van der Waals surface area (Å²) in [5.74, 6) is 0.0475. The minimum Gasteiger partial charge on any atom is -0.396 e. The summed E-state index contributed by atoms with van der Waals surface area (Å²) in [6.07, 6.45) is 1.56. The number of pyridine rings is 1. The van der Waals surface area contributed by atoms with E-state index in [4.69, 9.17) is 17.3 Å². The Kier molecular flexibility index (Phi) is 3.84. The number of benzene rings is 1. The van der Waals surface area contributed by atoms with Gasteiger partial charge in [-0.2, -0.15) is 0 Å². The smallest absolute Gasteiger partial charge is 0.256 e. The first-order valence-corrected chi connectivity index (χ1v) is 6.22. The Bertz CT molecular complexity index is 604. The van der Waals surface area contributed by atoms with Gasteiger partial charge in [0.2, 0.25) is 0 Å². The highest BCUT2D eigenvalue weighted by atomic mass is 79.9. The van der Waals surface area contributed by atoms with Gasteiger partial charge in [0.1, 0.15) is 0 Å². The molecule has 0 spiro atoms. The third-order valence-corrected chi connectivity index (χ3v) is 3.47. The lowest BCUT2D eigenvalue weighted by molar-refractivity contribution is 0.102. The highest BCUT2D eigenvalue weighted by Crippen LogP contribution is 2.24. The number of nitrogens with one attached hydrogen (secondary N) is 1. The van der Waals surface area contributed by atoms with Crippen molar-refractivity contribution in [1.29, 1.82) is 0 Å². The summed E-state index contributed by atoms with van der Waals surface area (Å²) >= 11 is 9.12. The lowest BCUT2D eigenvalue weighted by Gasteiger charge is -2.07. The quantitative estimate of drug-likeness (QED) is 0.889. The number of carbonyl (C=O) groups is 1. The van der Waals surface area contributed by atoms with Crippen LogP contribution in [0, 0.1) is 0 Å². The molecule has 6 heteroatoms. The summed E-state index contributed by atoms with van der Waals surface area (Å²) in [6.45, 7) is 0. The van der Waals surface area contributed by atoms with Crippen LogP contribution >= 0.6 is 27.5 Å². The fourth-order valence-electron chi connectivity index (χ4n) is 1.34. The van der Waals surface area contributed by atoms with Gasteiger partial charge in [-0.3, -0.25) is 4.79 Å². The van der Waals surface area contributed by atoms with Gasteiger partial charge in [-0.15, -0.1) is 0 Å². The molecule has 0 aliphatic carbocycles. The second kappa shape index (κ2) is 5.37. The van der Waals surface area contributed by atoms with E-state index < -0.39 is 0 Å². The lowest BCUT2D eigenvalue weighted by atomic mass is 10.2. The molecule has 0 aliphatic rings. The average molecular weight is 327 g/mol. The number of halogens is 2. The van der Waals surface area contributed by atoms with Crippen LogP contribution in [0.25, 0.3) is 0 Å². The van der Waals surface area contributed by atoms with Crippen molar-refractivity contribution in [2.24, 2.45) is 0 Å². The first-order valence-electron chi connectivity index (χ1n) is 5.05. The van der Waals surface area contributed by atoms with E-state index in [2.05, 4.69) is 26.2 Å². The second-order valence-electron chi connectivity index (χ2n) is 3.52. The van der Waals surface area contributed by atoms with Crippen LogP contribution in [0.1, 0.15) is 10.4 Å². The molecule has 0 unspecified atom stereocenters. The Hall–Kier alpha value is -1.59. The van der Waals surface area contributed by atoms with Crippen LogP contribution in [-0.4, -0.2) is 10.9 Å². The molecule has 0 bridgehead atoms. The van der Waals surface area contributed by atoms with Gasteiger partial charge in [0, 0.05) is 16.2 Å². The van der Waals surface area contributed by atoms with E-state index >= 15 is 0 Å². The van der Waals surface area contributed by atoms with Crippen LogP contribution in [0.4, 0.5) is 11.5 Å². The lowest BCUT2D eigenvalue weighted by Crippen LogP contribution is -2.14. The largest absolute Gasteiger partial charge is 0.396 e. The van der Waals surface area contributed by atoms with E-state index in [0.29, 0.717) is 26.6 Å². The van der Waals surface area contributed by atoms with Crippen molar-refractivity contribution >= 4 is 44.9 Å². The van der Waals surface area contributed by atoms with Gasteiger partial charge >= 0.3 is 0 Å². The topological polar surface area (TPSA) is 68.0 Å². The van der Waals surface area contributed by atoms with Gasteiger partial charge in [-0.1, -0.05) is 11.6 Å². The zero-order chi connectivity index (χ0) is 13.1. The minimum absolute atomic E-state index is 0.294. The third kappa shape index (κ3) is 2.80. The van der Waals surface area contributed by atoms with Crippen LogP contribution in [-0.2, 0) is 0 Å². The predicted octanol–water partition coefficient (Wildman–Crippen LogP) is 3.33. The van der Waals surface area contributed by atoms with Crippen molar-refractivity contribution in [3.05, 3.63) is 51.6 Å². The van der Waals surface area contributed by atoms with Crippen LogP contribution in [0.15, 0.2) is 41.0 Å². The van der Waals surface area contributed by atoms with E-state index in [-0.39, 0.29) is 5.91 Å². The first-order chi connectivity index (χ1) is 8.58. The molecule has 2 aromatic rings. The number of carbonyl (C=O) groups excluding carboxylic acids is 1. The molecule has 0 saturated carbocycles. The van der Waals surface area contributed by atoms with E-state index in [1.807, 2.05) is 0 Å². The van der Waals surface area contributed by atoms with Gasteiger partial charge in [0.15, 0.2) is 5.82 Å². The molecule has 1 amide bonds. The fourth-order valence-corrected chi connectivity index (χ4v) is 1.84. The number of nitrogens with zero attached hydrogens (tertiary/aromatic N) is 1. The van der Waals surface area contributed by atoms with E-state index in [9.17, 15) is 4.79 Å². The fraction of sp³-hybridized carbons (Fsp3) is 0. The maximum Gasteiger partial charge on any atom is 0.256 e. The highest BCUT2D eigenvalue weighted by Gasteiger charge is 2.10. The third-order valence-electron chi connectivity index (χ3n) is 2.25. The monoisotopic (exact) mass is 325 g/mol. The molecular formula is C12H9BrClN3O. The van der Waals surface area contributed by atoms with Crippen molar-refractivity contribution in [3.8, 4) is 0 Å². The molecule has 0 aliphatic heterocycles. The average Bonchev–Trinajstić information content (AvgIpc) is 2.35. The van der Waals surface area contributed by atoms with Gasteiger partial charge in [-0.05, 0) is 46.3 Å². The van der Waals surface area contributed by atoms with Gasteiger partial charge in [-0.25, -0.2) is 4.98 Å². The van der Waals surface area contributed by atoms with Crippen molar-refractivity contribution in [2.75, 3.05) is 11.1 Å². The summed E-state index contributed by atoms with van der Waals surface area (Å²) < 4.78 is 0.658. The molecule has 92 valence electrons. The molecule has 1 heterocycles. The Morgan fingerprint density at radius 2 is 2.17 bits per heavy atom. The van der Waals surface area contributed by atoms with Crippen molar-refractivity contribution in [1.82, 2.24) is 4.98 Å². The molecule has 0 saturated heterocycles. The Balaban J connectivity index is 2.22. The Morgan fingerprint density at radius 3 is 2.83 bits per heavy atom. The standard InChI is InChI=1S/C12H9BrClN3O/c13-8-6-7(3-4-9(8)14)12(18)17-11-10(15)2-1-5-16-11/h1-6H,15H2,(H,16,17,18).